The van der Waals surface area contributed by atoms with E-state index in [1.165, 1.54) is 57.8 Å². The zero-order valence-electron chi connectivity index (χ0n) is 19.1. The van der Waals surface area contributed by atoms with Crippen LogP contribution in [0.4, 0.5) is 0 Å². The van der Waals surface area contributed by atoms with Gasteiger partial charge in [0.05, 0.1) is 21.1 Å². The van der Waals surface area contributed by atoms with Crippen molar-refractivity contribution in [3.8, 4) is 0 Å². The SMILES string of the molecule is CCCCCCCCCCCCCCCCS(=O)(=O)c1ccc(S(=O)(=O)O)cc1C(=O)O. The normalized spacial score (nSPS) is 12.2. The molecule has 184 valence electrons. The Hall–Kier alpha value is -1.45. The first-order valence-electron chi connectivity index (χ1n) is 11.7. The van der Waals surface area contributed by atoms with Crippen molar-refractivity contribution in [1.82, 2.24) is 0 Å². The summed E-state index contributed by atoms with van der Waals surface area (Å²) in [7, 11) is -8.49. The average Bonchev–Trinajstić information content (AvgIpc) is 2.72. The third-order valence-electron chi connectivity index (χ3n) is 5.58. The molecule has 0 unspecified atom stereocenters. The zero-order valence-corrected chi connectivity index (χ0v) is 20.7. The highest BCUT2D eigenvalue weighted by Crippen LogP contribution is 2.23. The number of carboxylic acids is 1. The predicted molar refractivity (Wildman–Crippen MR) is 126 cm³/mol. The number of benzene rings is 1. The van der Waals surface area contributed by atoms with E-state index in [0.29, 0.717) is 12.5 Å². The van der Waals surface area contributed by atoms with E-state index in [1.54, 1.807) is 0 Å². The molecule has 0 fully saturated rings. The maximum Gasteiger partial charge on any atom is 0.337 e. The summed E-state index contributed by atoms with van der Waals surface area (Å²) in [5, 5.41) is 9.27. The van der Waals surface area contributed by atoms with Crippen LogP contribution in [0.5, 0.6) is 0 Å². The number of unbranched alkanes of at least 4 members (excludes halogenated alkanes) is 13. The van der Waals surface area contributed by atoms with Gasteiger partial charge in [-0.3, -0.25) is 4.55 Å². The zero-order chi connectivity index (χ0) is 24.0. The lowest BCUT2D eigenvalue weighted by Crippen LogP contribution is -2.14. The molecule has 0 aliphatic heterocycles. The van der Waals surface area contributed by atoms with E-state index < -0.39 is 41.3 Å². The first kappa shape index (κ1) is 28.6. The van der Waals surface area contributed by atoms with E-state index >= 15 is 0 Å². The molecule has 1 rings (SSSR count). The molecule has 0 aliphatic rings. The number of hydrogen-bond acceptors (Lipinski definition) is 5. The van der Waals surface area contributed by atoms with Crippen molar-refractivity contribution in [3.05, 3.63) is 23.8 Å². The Bertz CT molecular complexity index is 906. The predicted octanol–water partition coefficient (Wildman–Crippen LogP) is 5.89. The summed E-state index contributed by atoms with van der Waals surface area (Å²) in [5.74, 6) is -1.76. The Labute approximate surface area is 193 Å². The smallest absolute Gasteiger partial charge is 0.337 e. The standard InChI is InChI=1S/C23H38O7S2/c1-2-3-4-5-6-7-8-9-10-11-12-13-14-15-18-31(26,27)22-17-16-20(32(28,29)30)19-21(22)23(24)25/h16-17,19H,2-15,18H2,1H3,(H,24,25)(H,28,29,30). The van der Waals surface area contributed by atoms with Gasteiger partial charge in [0.25, 0.3) is 10.1 Å². The summed E-state index contributed by atoms with van der Waals surface area (Å²) >= 11 is 0. The van der Waals surface area contributed by atoms with Crippen molar-refractivity contribution >= 4 is 25.9 Å². The van der Waals surface area contributed by atoms with E-state index in [-0.39, 0.29) is 5.75 Å². The second-order valence-electron chi connectivity index (χ2n) is 8.35. The molecule has 0 saturated heterocycles. The number of hydrogen-bond donors (Lipinski definition) is 2. The van der Waals surface area contributed by atoms with Crippen molar-refractivity contribution in [1.29, 1.82) is 0 Å². The van der Waals surface area contributed by atoms with Crippen LogP contribution < -0.4 is 0 Å². The minimum absolute atomic E-state index is 0.198. The van der Waals surface area contributed by atoms with Crippen molar-refractivity contribution < 1.29 is 31.3 Å². The quantitative estimate of drug-likeness (QED) is 0.194. The first-order chi connectivity index (χ1) is 15.1. The van der Waals surface area contributed by atoms with Crippen LogP contribution in [0.25, 0.3) is 0 Å². The molecule has 0 spiro atoms. The third kappa shape index (κ3) is 10.9. The molecule has 9 heteroatoms. The lowest BCUT2D eigenvalue weighted by molar-refractivity contribution is 0.0692. The van der Waals surface area contributed by atoms with Crippen molar-refractivity contribution in [2.45, 2.75) is 107 Å². The summed E-state index contributed by atoms with van der Waals surface area (Å²) in [6.07, 6.45) is 16.0. The Morgan fingerprint density at radius 3 is 1.59 bits per heavy atom. The fourth-order valence-electron chi connectivity index (χ4n) is 3.70. The Morgan fingerprint density at radius 2 is 1.19 bits per heavy atom. The van der Waals surface area contributed by atoms with Gasteiger partial charge in [0.15, 0.2) is 9.84 Å². The van der Waals surface area contributed by atoms with Gasteiger partial charge in [-0.1, -0.05) is 90.4 Å². The summed E-state index contributed by atoms with van der Waals surface area (Å²) in [6.45, 7) is 2.22. The van der Waals surface area contributed by atoms with E-state index in [1.807, 2.05) is 0 Å². The van der Waals surface area contributed by atoms with Crippen LogP contribution in [0.15, 0.2) is 28.0 Å². The molecule has 0 saturated carbocycles. The third-order valence-corrected chi connectivity index (χ3v) is 8.28. The van der Waals surface area contributed by atoms with Crippen LogP contribution in [0.1, 0.15) is 107 Å². The van der Waals surface area contributed by atoms with Crippen molar-refractivity contribution in [2.75, 3.05) is 5.75 Å². The molecular weight excluding hydrogens is 452 g/mol. The molecular formula is C23H38O7S2. The fraction of sp³-hybridized carbons (Fsp3) is 0.696. The number of carbonyl (C=O) groups is 1. The maximum absolute atomic E-state index is 12.6. The van der Waals surface area contributed by atoms with Gasteiger partial charge in [-0.15, -0.1) is 0 Å². The van der Waals surface area contributed by atoms with E-state index in [4.69, 9.17) is 4.55 Å². The topological polar surface area (TPSA) is 126 Å². The second kappa shape index (κ2) is 14.6. The lowest BCUT2D eigenvalue weighted by atomic mass is 10.0. The highest BCUT2D eigenvalue weighted by molar-refractivity contribution is 7.91. The molecule has 0 heterocycles. The monoisotopic (exact) mass is 490 g/mol. The Morgan fingerprint density at radius 1 is 0.750 bits per heavy atom. The Balaban J connectivity index is 2.32. The summed E-state index contributed by atoms with van der Waals surface area (Å²) in [6, 6.07) is 2.52. The molecule has 1 aromatic rings. The maximum atomic E-state index is 12.6. The van der Waals surface area contributed by atoms with Crippen LogP contribution >= 0.6 is 0 Å². The largest absolute Gasteiger partial charge is 0.478 e. The highest BCUT2D eigenvalue weighted by Gasteiger charge is 2.24. The van der Waals surface area contributed by atoms with Gasteiger partial charge in [0.1, 0.15) is 0 Å². The molecule has 1 aromatic carbocycles. The fourth-order valence-corrected chi connectivity index (χ4v) is 5.77. The van der Waals surface area contributed by atoms with Gasteiger partial charge in [-0.25, -0.2) is 13.2 Å². The molecule has 2 N–H and O–H groups in total. The molecule has 0 atom stereocenters. The first-order valence-corrected chi connectivity index (χ1v) is 14.8. The molecule has 32 heavy (non-hydrogen) atoms. The van der Waals surface area contributed by atoms with Gasteiger partial charge < -0.3 is 5.11 Å². The molecule has 0 aromatic heterocycles. The van der Waals surface area contributed by atoms with Gasteiger partial charge in [0, 0.05) is 0 Å². The van der Waals surface area contributed by atoms with Crippen molar-refractivity contribution in [2.24, 2.45) is 0 Å². The van der Waals surface area contributed by atoms with Crippen LogP contribution in [0.2, 0.25) is 0 Å². The number of carboxylic acid groups (broad SMARTS) is 1. The summed E-state index contributed by atoms with van der Waals surface area (Å²) in [5.41, 5.74) is -0.648. The van der Waals surface area contributed by atoms with E-state index in [2.05, 4.69) is 6.92 Å². The van der Waals surface area contributed by atoms with Gasteiger partial charge >= 0.3 is 5.97 Å². The molecule has 0 amide bonds. The van der Waals surface area contributed by atoms with Crippen LogP contribution in [0.3, 0.4) is 0 Å². The summed E-state index contributed by atoms with van der Waals surface area (Å²) < 4.78 is 56.6. The second-order valence-corrected chi connectivity index (χ2v) is 11.9. The van der Waals surface area contributed by atoms with Crippen LogP contribution in [0, 0.1) is 0 Å². The number of sulfone groups is 1. The van der Waals surface area contributed by atoms with Gasteiger partial charge in [-0.2, -0.15) is 8.42 Å². The molecule has 7 nitrogen and oxygen atoms in total. The highest BCUT2D eigenvalue weighted by atomic mass is 32.2. The van der Waals surface area contributed by atoms with E-state index in [0.717, 1.165) is 37.8 Å². The van der Waals surface area contributed by atoms with Gasteiger partial charge in [-0.05, 0) is 24.6 Å². The average molecular weight is 491 g/mol. The molecule has 0 radical (unpaired) electrons. The van der Waals surface area contributed by atoms with E-state index in [9.17, 15) is 26.7 Å². The number of aromatic carboxylic acids is 1. The lowest BCUT2D eigenvalue weighted by Gasteiger charge is -2.09. The summed E-state index contributed by atoms with van der Waals surface area (Å²) in [4.78, 5) is 10.3. The minimum Gasteiger partial charge on any atom is -0.478 e. The minimum atomic E-state index is -4.62. The Kier molecular flexibility index (Phi) is 13.1. The van der Waals surface area contributed by atoms with Crippen LogP contribution in [-0.2, 0) is 20.0 Å². The van der Waals surface area contributed by atoms with Crippen molar-refractivity contribution in [3.63, 3.8) is 0 Å². The van der Waals surface area contributed by atoms with Crippen LogP contribution in [-0.4, -0.2) is 38.2 Å². The van der Waals surface area contributed by atoms with Gasteiger partial charge in [0.2, 0.25) is 0 Å². The molecule has 0 bridgehead atoms. The number of rotatable bonds is 18. The molecule has 0 aliphatic carbocycles.